The van der Waals surface area contributed by atoms with Crippen LogP contribution in [0.3, 0.4) is 0 Å². The van der Waals surface area contributed by atoms with E-state index in [0.717, 1.165) is 25.3 Å². The van der Waals surface area contributed by atoms with E-state index in [9.17, 15) is 9.59 Å². The third-order valence-electron chi connectivity index (χ3n) is 3.53. The average molecular weight is 212 g/mol. The van der Waals surface area contributed by atoms with E-state index in [4.69, 9.17) is 10.2 Å². The Morgan fingerprint density at radius 3 is 2.33 bits per heavy atom. The molecule has 0 heterocycles. The first-order valence-electron chi connectivity index (χ1n) is 5.06. The number of hydrogen-bond donors (Lipinski definition) is 2. The van der Waals surface area contributed by atoms with Gasteiger partial charge in [0.2, 0.25) is 0 Å². The molecule has 0 spiro atoms. The summed E-state index contributed by atoms with van der Waals surface area (Å²) in [5.41, 5.74) is -0.468. The summed E-state index contributed by atoms with van der Waals surface area (Å²) in [5, 5.41) is 17.7. The zero-order chi connectivity index (χ0) is 11.6. The van der Waals surface area contributed by atoms with Gasteiger partial charge in [-0.1, -0.05) is 20.3 Å². The molecule has 4 nitrogen and oxygen atoms in total. The Bertz CT molecular complexity index is 319. The molecular weight excluding hydrogens is 196 g/mol. The first-order chi connectivity index (χ1) is 6.88. The summed E-state index contributed by atoms with van der Waals surface area (Å²) in [4.78, 5) is 21.6. The van der Waals surface area contributed by atoms with Crippen molar-refractivity contribution in [2.45, 2.75) is 33.1 Å². The Morgan fingerprint density at radius 1 is 1.40 bits per heavy atom. The first kappa shape index (κ1) is 11.8. The van der Waals surface area contributed by atoms with Crippen LogP contribution in [0.15, 0.2) is 11.6 Å². The number of hydrogen-bond acceptors (Lipinski definition) is 2. The van der Waals surface area contributed by atoms with E-state index in [-0.39, 0.29) is 11.5 Å². The maximum absolute atomic E-state index is 11.0. The van der Waals surface area contributed by atoms with Crippen LogP contribution in [0.1, 0.15) is 33.1 Å². The van der Waals surface area contributed by atoms with Crippen molar-refractivity contribution in [1.29, 1.82) is 0 Å². The number of rotatable bonds is 3. The molecule has 0 aromatic heterocycles. The quantitative estimate of drug-likeness (QED) is 0.701. The second-order valence-corrected chi connectivity index (χ2v) is 4.41. The zero-order valence-electron chi connectivity index (χ0n) is 8.99. The highest BCUT2D eigenvalue weighted by molar-refractivity contribution is 5.95. The largest absolute Gasteiger partial charge is 0.478 e. The van der Waals surface area contributed by atoms with Crippen LogP contribution in [0.5, 0.6) is 0 Å². The molecule has 0 radical (unpaired) electrons. The average Bonchev–Trinajstić information content (AvgIpc) is 2.43. The highest BCUT2D eigenvalue weighted by atomic mass is 16.4. The van der Waals surface area contributed by atoms with Gasteiger partial charge in [-0.3, -0.25) is 0 Å². The van der Waals surface area contributed by atoms with Gasteiger partial charge >= 0.3 is 11.9 Å². The number of carboxylic acid groups (broad SMARTS) is 2. The molecule has 0 bridgehead atoms. The lowest BCUT2D eigenvalue weighted by Crippen LogP contribution is -2.28. The van der Waals surface area contributed by atoms with E-state index in [1.54, 1.807) is 0 Å². The topological polar surface area (TPSA) is 74.6 Å². The minimum atomic E-state index is -1.19. The molecule has 84 valence electrons. The van der Waals surface area contributed by atoms with Gasteiger partial charge in [0.05, 0.1) is 5.57 Å². The number of carbonyl (C=O) groups is 2. The van der Waals surface area contributed by atoms with Crippen LogP contribution in [-0.4, -0.2) is 22.2 Å². The molecule has 15 heavy (non-hydrogen) atoms. The molecule has 2 N–H and O–H groups in total. The highest BCUT2D eigenvalue weighted by Crippen LogP contribution is 2.48. The fraction of sp³-hybridized carbons (Fsp3) is 0.636. The lowest BCUT2D eigenvalue weighted by Gasteiger charge is -2.29. The van der Waals surface area contributed by atoms with Crippen molar-refractivity contribution in [3.63, 3.8) is 0 Å². The smallest absolute Gasteiger partial charge is 0.332 e. The molecule has 0 aliphatic heterocycles. The summed E-state index contributed by atoms with van der Waals surface area (Å²) in [5.74, 6) is -2.08. The second kappa shape index (κ2) is 4.04. The fourth-order valence-corrected chi connectivity index (χ4v) is 2.33. The van der Waals surface area contributed by atoms with Crippen molar-refractivity contribution in [2.75, 3.05) is 0 Å². The van der Waals surface area contributed by atoms with E-state index in [1.165, 1.54) is 0 Å². The minimum Gasteiger partial charge on any atom is -0.478 e. The molecule has 0 saturated heterocycles. The summed E-state index contributed by atoms with van der Waals surface area (Å²) < 4.78 is 0. The molecular formula is C11H16O4. The molecule has 1 fully saturated rings. The SMILES string of the molecule is CC1CCCC1(C)/C(=C/C(=O)O)C(=O)O. The summed E-state index contributed by atoms with van der Waals surface area (Å²) in [6, 6.07) is 0. The van der Waals surface area contributed by atoms with E-state index in [2.05, 4.69) is 0 Å². The van der Waals surface area contributed by atoms with Crippen LogP contribution in [0.25, 0.3) is 0 Å². The first-order valence-corrected chi connectivity index (χ1v) is 5.06. The zero-order valence-corrected chi connectivity index (χ0v) is 8.99. The number of carboxylic acids is 2. The molecule has 4 heteroatoms. The molecule has 0 amide bonds. The Labute approximate surface area is 88.6 Å². The monoisotopic (exact) mass is 212 g/mol. The summed E-state index contributed by atoms with van der Waals surface area (Å²) in [6.07, 6.45) is 3.51. The lowest BCUT2D eigenvalue weighted by atomic mass is 9.74. The molecule has 1 aliphatic rings. The highest BCUT2D eigenvalue weighted by Gasteiger charge is 2.42. The van der Waals surface area contributed by atoms with Crippen LogP contribution >= 0.6 is 0 Å². The molecule has 2 unspecified atom stereocenters. The van der Waals surface area contributed by atoms with E-state index < -0.39 is 17.4 Å². The van der Waals surface area contributed by atoms with Gasteiger partial charge in [0, 0.05) is 11.5 Å². The predicted octanol–water partition coefficient (Wildman–Crippen LogP) is 1.91. The van der Waals surface area contributed by atoms with Gasteiger partial charge in [-0.2, -0.15) is 0 Å². The third kappa shape index (κ3) is 2.19. The molecule has 1 aliphatic carbocycles. The Hall–Kier alpha value is -1.32. The molecule has 0 aromatic rings. The summed E-state index contributed by atoms with van der Waals surface area (Å²) in [7, 11) is 0. The Kier molecular flexibility index (Phi) is 3.17. The maximum atomic E-state index is 11.0. The van der Waals surface area contributed by atoms with Crippen molar-refractivity contribution >= 4 is 11.9 Å². The second-order valence-electron chi connectivity index (χ2n) is 4.41. The lowest BCUT2D eigenvalue weighted by molar-refractivity contribution is -0.136. The molecule has 2 atom stereocenters. The normalized spacial score (nSPS) is 31.6. The molecule has 0 aromatic carbocycles. The van der Waals surface area contributed by atoms with Gasteiger partial charge in [-0.05, 0) is 18.8 Å². The molecule has 1 rings (SSSR count). The van der Waals surface area contributed by atoms with E-state index >= 15 is 0 Å². The predicted molar refractivity (Wildman–Crippen MR) is 54.5 cm³/mol. The van der Waals surface area contributed by atoms with Crippen molar-refractivity contribution in [3.05, 3.63) is 11.6 Å². The fourth-order valence-electron chi connectivity index (χ4n) is 2.33. The summed E-state index contributed by atoms with van der Waals surface area (Å²) >= 11 is 0. The van der Waals surface area contributed by atoms with Crippen molar-refractivity contribution in [3.8, 4) is 0 Å². The van der Waals surface area contributed by atoms with Gasteiger partial charge in [-0.15, -0.1) is 0 Å². The minimum absolute atomic E-state index is 0.0278. The van der Waals surface area contributed by atoms with E-state index in [0.29, 0.717) is 0 Å². The van der Waals surface area contributed by atoms with Crippen LogP contribution in [0.4, 0.5) is 0 Å². The van der Waals surface area contributed by atoms with Crippen LogP contribution < -0.4 is 0 Å². The Balaban J connectivity index is 3.09. The van der Waals surface area contributed by atoms with Crippen molar-refractivity contribution in [1.82, 2.24) is 0 Å². The Morgan fingerprint density at radius 2 is 2.00 bits per heavy atom. The van der Waals surface area contributed by atoms with Gasteiger partial charge in [0.1, 0.15) is 0 Å². The van der Waals surface area contributed by atoms with Gasteiger partial charge in [-0.25, -0.2) is 9.59 Å². The van der Waals surface area contributed by atoms with Crippen LogP contribution in [0.2, 0.25) is 0 Å². The van der Waals surface area contributed by atoms with Crippen LogP contribution in [-0.2, 0) is 9.59 Å². The van der Waals surface area contributed by atoms with Crippen molar-refractivity contribution in [2.24, 2.45) is 11.3 Å². The number of aliphatic carboxylic acids is 2. The van der Waals surface area contributed by atoms with E-state index in [1.807, 2.05) is 13.8 Å². The maximum Gasteiger partial charge on any atom is 0.332 e. The van der Waals surface area contributed by atoms with Gasteiger partial charge < -0.3 is 10.2 Å². The standard InChI is InChI=1S/C11H16O4/c1-7-4-3-5-11(7,2)8(10(14)15)6-9(12)13/h6-7H,3-5H2,1-2H3,(H,12,13)(H,14,15)/b8-6+. The third-order valence-corrected chi connectivity index (χ3v) is 3.53. The van der Waals surface area contributed by atoms with Crippen LogP contribution in [0, 0.1) is 11.3 Å². The van der Waals surface area contributed by atoms with Gasteiger partial charge in [0.15, 0.2) is 0 Å². The molecule has 1 saturated carbocycles. The van der Waals surface area contributed by atoms with Gasteiger partial charge in [0.25, 0.3) is 0 Å². The van der Waals surface area contributed by atoms with Crippen molar-refractivity contribution < 1.29 is 19.8 Å². The summed E-state index contributed by atoms with van der Waals surface area (Å²) in [6.45, 7) is 3.82.